The lowest BCUT2D eigenvalue weighted by atomic mass is 10.2. The predicted octanol–water partition coefficient (Wildman–Crippen LogP) is -0.449. The molecule has 2 amide bonds. The van der Waals surface area contributed by atoms with Crippen LogP contribution < -0.4 is 10.6 Å². The van der Waals surface area contributed by atoms with Crippen molar-refractivity contribution in [1.29, 1.82) is 0 Å². The van der Waals surface area contributed by atoms with Crippen LogP contribution in [0, 0.1) is 0 Å². The molecular weight excluding hydrogens is 264 g/mol. The molecule has 2 rings (SSSR count). The molecule has 7 heteroatoms. The van der Waals surface area contributed by atoms with Gasteiger partial charge >= 0.3 is 11.8 Å². The van der Waals surface area contributed by atoms with Gasteiger partial charge in [-0.25, -0.2) is 0 Å². The number of ether oxygens (including phenoxy) is 3. The first-order chi connectivity index (χ1) is 9.65. The smallest absolute Gasteiger partial charge is 0.309 e. The van der Waals surface area contributed by atoms with E-state index in [1.165, 1.54) is 7.11 Å². The zero-order valence-corrected chi connectivity index (χ0v) is 11.8. The summed E-state index contributed by atoms with van der Waals surface area (Å²) in [4.78, 5) is 23.0. The van der Waals surface area contributed by atoms with E-state index >= 15 is 0 Å². The third-order valence-electron chi connectivity index (χ3n) is 3.57. The van der Waals surface area contributed by atoms with Crippen LogP contribution in [-0.2, 0) is 23.8 Å². The van der Waals surface area contributed by atoms with Gasteiger partial charge in [0.15, 0.2) is 5.79 Å². The van der Waals surface area contributed by atoms with Gasteiger partial charge in [0.25, 0.3) is 0 Å². The summed E-state index contributed by atoms with van der Waals surface area (Å²) in [6.07, 6.45) is 3.87. The van der Waals surface area contributed by atoms with Crippen LogP contribution in [-0.4, -0.2) is 57.1 Å². The fourth-order valence-corrected chi connectivity index (χ4v) is 2.53. The predicted molar refractivity (Wildman–Crippen MR) is 69.9 cm³/mol. The Balaban J connectivity index is 1.65. The minimum atomic E-state index is -0.656. The number of methoxy groups -OCH3 is 1. The number of amides is 2. The Hall–Kier alpha value is -1.18. The molecule has 0 aromatic carbocycles. The van der Waals surface area contributed by atoms with Crippen LogP contribution in [0.25, 0.3) is 0 Å². The van der Waals surface area contributed by atoms with Crippen LogP contribution in [0.4, 0.5) is 0 Å². The van der Waals surface area contributed by atoms with Crippen molar-refractivity contribution in [2.75, 3.05) is 33.4 Å². The minimum absolute atomic E-state index is 0.177. The second kappa shape index (κ2) is 7.01. The van der Waals surface area contributed by atoms with Crippen molar-refractivity contribution < 1.29 is 23.8 Å². The van der Waals surface area contributed by atoms with Gasteiger partial charge in [-0.2, -0.15) is 0 Å². The van der Waals surface area contributed by atoms with E-state index in [2.05, 4.69) is 10.6 Å². The molecule has 0 unspecified atom stereocenters. The first-order valence-electron chi connectivity index (χ1n) is 7.02. The molecule has 20 heavy (non-hydrogen) atoms. The summed E-state index contributed by atoms with van der Waals surface area (Å²) < 4.78 is 16.3. The molecule has 2 N–H and O–H groups in total. The van der Waals surface area contributed by atoms with Crippen LogP contribution >= 0.6 is 0 Å². The Bertz CT molecular complexity index is 355. The molecular formula is C13H22N2O5. The summed E-state index contributed by atoms with van der Waals surface area (Å²) in [6.45, 7) is 1.44. The second-order valence-electron chi connectivity index (χ2n) is 5.13. The maximum absolute atomic E-state index is 11.5. The highest BCUT2D eigenvalue weighted by Crippen LogP contribution is 2.38. The van der Waals surface area contributed by atoms with E-state index in [1.54, 1.807) is 0 Å². The van der Waals surface area contributed by atoms with Crippen LogP contribution in [0.1, 0.15) is 25.7 Å². The molecule has 1 atom stereocenters. The number of hydrogen-bond donors (Lipinski definition) is 2. The van der Waals surface area contributed by atoms with Crippen molar-refractivity contribution in [1.82, 2.24) is 10.6 Å². The number of carbonyl (C=O) groups excluding carboxylic acids is 2. The van der Waals surface area contributed by atoms with E-state index in [0.29, 0.717) is 19.8 Å². The second-order valence-corrected chi connectivity index (χ2v) is 5.13. The van der Waals surface area contributed by atoms with Gasteiger partial charge in [-0.05, 0) is 12.8 Å². The van der Waals surface area contributed by atoms with Crippen molar-refractivity contribution in [3.8, 4) is 0 Å². The minimum Gasteiger partial charge on any atom is -0.383 e. The highest BCUT2D eigenvalue weighted by Gasteiger charge is 2.43. The lowest BCUT2D eigenvalue weighted by molar-refractivity contribution is -0.161. The molecule has 1 saturated carbocycles. The van der Waals surface area contributed by atoms with Crippen molar-refractivity contribution in [3.05, 3.63) is 0 Å². The summed E-state index contributed by atoms with van der Waals surface area (Å²) in [6, 6.07) is 0. The van der Waals surface area contributed by atoms with E-state index in [1.807, 2.05) is 0 Å². The largest absolute Gasteiger partial charge is 0.383 e. The zero-order chi connectivity index (χ0) is 14.4. The van der Waals surface area contributed by atoms with Crippen LogP contribution in [0.15, 0.2) is 0 Å². The third-order valence-corrected chi connectivity index (χ3v) is 3.57. The molecule has 114 valence electrons. The molecule has 0 aromatic heterocycles. The van der Waals surface area contributed by atoms with Gasteiger partial charge < -0.3 is 24.8 Å². The van der Waals surface area contributed by atoms with E-state index < -0.39 is 17.6 Å². The quantitative estimate of drug-likeness (QED) is 0.528. The van der Waals surface area contributed by atoms with E-state index in [9.17, 15) is 9.59 Å². The number of nitrogens with one attached hydrogen (secondary N) is 2. The van der Waals surface area contributed by atoms with Crippen molar-refractivity contribution in [2.45, 2.75) is 37.6 Å². The Morgan fingerprint density at radius 3 is 2.65 bits per heavy atom. The van der Waals surface area contributed by atoms with E-state index in [-0.39, 0.29) is 12.6 Å². The van der Waals surface area contributed by atoms with Crippen LogP contribution in [0.2, 0.25) is 0 Å². The van der Waals surface area contributed by atoms with Gasteiger partial charge in [0, 0.05) is 33.0 Å². The van der Waals surface area contributed by atoms with Gasteiger partial charge in [-0.15, -0.1) is 0 Å². The SMILES string of the molecule is COCCNC(=O)C(=O)NC[C@@H]1COC2(CCCC2)O1. The Morgan fingerprint density at radius 1 is 1.25 bits per heavy atom. The van der Waals surface area contributed by atoms with Crippen LogP contribution in [0.5, 0.6) is 0 Å². The Morgan fingerprint density at radius 2 is 1.95 bits per heavy atom. The van der Waals surface area contributed by atoms with Gasteiger partial charge in [-0.3, -0.25) is 9.59 Å². The molecule has 1 aliphatic heterocycles. The van der Waals surface area contributed by atoms with Crippen LogP contribution in [0.3, 0.4) is 0 Å². The average molecular weight is 286 g/mol. The highest BCUT2D eigenvalue weighted by molar-refractivity contribution is 6.35. The molecule has 0 radical (unpaired) electrons. The lowest BCUT2D eigenvalue weighted by Gasteiger charge is -2.21. The lowest BCUT2D eigenvalue weighted by Crippen LogP contribution is -2.44. The molecule has 1 aliphatic carbocycles. The van der Waals surface area contributed by atoms with E-state index in [4.69, 9.17) is 14.2 Å². The topological polar surface area (TPSA) is 85.9 Å². The summed E-state index contributed by atoms with van der Waals surface area (Å²) in [5.74, 6) is -1.75. The third kappa shape index (κ3) is 3.91. The maximum atomic E-state index is 11.5. The molecule has 7 nitrogen and oxygen atoms in total. The Labute approximate surface area is 118 Å². The Kier molecular flexibility index (Phi) is 5.33. The molecule has 2 aliphatic rings. The summed E-state index contributed by atoms with van der Waals surface area (Å²) in [7, 11) is 1.53. The van der Waals surface area contributed by atoms with Crippen molar-refractivity contribution >= 4 is 11.8 Å². The maximum Gasteiger partial charge on any atom is 0.309 e. The summed E-state index contributed by atoms with van der Waals surface area (Å²) in [5.41, 5.74) is 0. The normalized spacial score (nSPS) is 23.9. The zero-order valence-electron chi connectivity index (χ0n) is 11.8. The molecule has 1 spiro atoms. The molecule has 1 saturated heterocycles. The van der Waals surface area contributed by atoms with Gasteiger partial charge in [-0.1, -0.05) is 0 Å². The van der Waals surface area contributed by atoms with Gasteiger partial charge in [0.05, 0.1) is 13.2 Å². The molecule has 0 aromatic rings. The molecule has 1 heterocycles. The number of carbonyl (C=O) groups is 2. The molecule has 0 bridgehead atoms. The summed E-state index contributed by atoms with van der Waals surface area (Å²) in [5, 5.41) is 5.02. The average Bonchev–Trinajstić information content (AvgIpc) is 3.07. The summed E-state index contributed by atoms with van der Waals surface area (Å²) >= 11 is 0. The first kappa shape index (κ1) is 15.2. The number of hydrogen-bond acceptors (Lipinski definition) is 5. The monoisotopic (exact) mass is 286 g/mol. The fraction of sp³-hybridized carbons (Fsp3) is 0.846. The van der Waals surface area contributed by atoms with Gasteiger partial charge in [0.1, 0.15) is 6.10 Å². The standard InChI is InChI=1S/C13H22N2O5/c1-18-7-6-14-11(16)12(17)15-8-10-9-19-13(20-10)4-2-3-5-13/h10H,2-9H2,1H3,(H,14,16)(H,15,17)/t10-/m1/s1. The highest BCUT2D eigenvalue weighted by atomic mass is 16.7. The fourth-order valence-electron chi connectivity index (χ4n) is 2.53. The molecule has 2 fully saturated rings. The first-order valence-corrected chi connectivity index (χ1v) is 7.02. The number of rotatable bonds is 5. The van der Waals surface area contributed by atoms with Crippen molar-refractivity contribution in [3.63, 3.8) is 0 Å². The van der Waals surface area contributed by atoms with Gasteiger partial charge in [0.2, 0.25) is 0 Å². The van der Waals surface area contributed by atoms with E-state index in [0.717, 1.165) is 25.7 Å². The van der Waals surface area contributed by atoms with Crippen molar-refractivity contribution in [2.24, 2.45) is 0 Å².